The molecule has 25 heavy (non-hydrogen) atoms. The number of halogens is 3. The molecule has 1 amide bonds. The van der Waals surface area contributed by atoms with Crippen LogP contribution in [0.15, 0.2) is 11.8 Å². The Morgan fingerprint density at radius 1 is 1.44 bits per heavy atom. The fraction of sp³-hybridized carbons (Fsp3) is 0.688. The molecule has 1 aromatic rings. The fourth-order valence-corrected chi connectivity index (χ4v) is 3.77. The number of likely N-dealkylation sites (N-methyl/N-ethyl adjacent to an activating group) is 1. The smallest absolute Gasteiger partial charge is 0.445 e. The van der Waals surface area contributed by atoms with Crippen molar-refractivity contribution >= 4 is 17.2 Å². The molecular formula is C16H22F3N3O2S. The van der Waals surface area contributed by atoms with E-state index in [0.717, 1.165) is 18.5 Å². The Morgan fingerprint density at radius 2 is 2.12 bits per heavy atom. The number of rotatable bonds is 5. The van der Waals surface area contributed by atoms with E-state index in [0.29, 0.717) is 12.5 Å². The van der Waals surface area contributed by atoms with Crippen LogP contribution in [0.25, 0.3) is 0 Å². The maximum atomic E-state index is 12.5. The summed E-state index contributed by atoms with van der Waals surface area (Å²) in [6.45, 7) is 8.35. The summed E-state index contributed by atoms with van der Waals surface area (Å²) in [7, 11) is 0. The first-order valence-electron chi connectivity index (χ1n) is 8.07. The fourth-order valence-electron chi connectivity index (χ4n) is 3.21. The number of carbonyl (C=O) groups excluding carboxylic acids is 1. The Kier molecular flexibility index (Phi) is 5.75. The summed E-state index contributed by atoms with van der Waals surface area (Å²) >= 11 is 0.282. The molecule has 0 bridgehead atoms. The third-order valence-electron chi connectivity index (χ3n) is 3.92. The largest absolute Gasteiger partial charge is 0.459 e. The molecule has 1 heterocycles. The topological polar surface area (TPSA) is 55.3 Å². The van der Waals surface area contributed by atoms with Crippen LogP contribution in [0.5, 0.6) is 5.19 Å². The highest BCUT2D eigenvalue weighted by Gasteiger charge is 2.36. The summed E-state index contributed by atoms with van der Waals surface area (Å²) in [5.74, 6) is 0.151. The van der Waals surface area contributed by atoms with Crippen LogP contribution in [-0.4, -0.2) is 34.2 Å². The van der Waals surface area contributed by atoms with E-state index >= 15 is 0 Å². The zero-order valence-corrected chi connectivity index (χ0v) is 15.5. The van der Waals surface area contributed by atoms with Crippen LogP contribution in [0.3, 0.4) is 0 Å². The number of nitrogens with zero attached hydrogens (tertiary/aromatic N) is 3. The van der Waals surface area contributed by atoms with E-state index in [9.17, 15) is 18.0 Å². The van der Waals surface area contributed by atoms with Crippen LogP contribution in [-0.2, 0) is 11.0 Å². The van der Waals surface area contributed by atoms with Crippen molar-refractivity contribution in [3.05, 3.63) is 16.8 Å². The van der Waals surface area contributed by atoms with Gasteiger partial charge in [0.2, 0.25) is 5.01 Å². The molecule has 1 atom stereocenters. The van der Waals surface area contributed by atoms with E-state index in [1.54, 1.807) is 4.90 Å². The van der Waals surface area contributed by atoms with Crippen molar-refractivity contribution in [2.45, 2.75) is 46.7 Å². The van der Waals surface area contributed by atoms with Crippen LogP contribution in [0.2, 0.25) is 0 Å². The maximum Gasteiger partial charge on any atom is 0.445 e. The molecule has 0 spiro atoms. The molecule has 0 saturated carbocycles. The summed E-state index contributed by atoms with van der Waals surface area (Å²) in [6.07, 6.45) is -0.627. The van der Waals surface area contributed by atoms with Crippen molar-refractivity contribution in [1.29, 1.82) is 0 Å². The van der Waals surface area contributed by atoms with Gasteiger partial charge in [-0.15, -0.1) is 5.10 Å². The van der Waals surface area contributed by atoms with Crippen LogP contribution >= 0.6 is 11.3 Å². The Labute approximate surface area is 148 Å². The molecule has 1 aliphatic carbocycles. The number of hydrogen-bond acceptors (Lipinski definition) is 5. The highest BCUT2D eigenvalue weighted by molar-refractivity contribution is 7.13. The summed E-state index contributed by atoms with van der Waals surface area (Å²) in [4.78, 5) is 14.1. The number of ether oxygens (including phenoxy) is 1. The monoisotopic (exact) mass is 377 g/mol. The predicted molar refractivity (Wildman–Crippen MR) is 88.1 cm³/mol. The molecule has 9 heteroatoms. The number of amides is 1. The highest BCUT2D eigenvalue weighted by Crippen LogP contribution is 2.38. The lowest BCUT2D eigenvalue weighted by molar-refractivity contribution is -0.138. The van der Waals surface area contributed by atoms with E-state index in [-0.39, 0.29) is 34.5 Å². The summed E-state index contributed by atoms with van der Waals surface area (Å²) in [5, 5.41) is 5.01. The van der Waals surface area contributed by atoms with Gasteiger partial charge in [0, 0.05) is 12.2 Å². The summed E-state index contributed by atoms with van der Waals surface area (Å²) in [6, 6.07) is 0. The van der Waals surface area contributed by atoms with Gasteiger partial charge in [0.15, 0.2) is 6.61 Å². The van der Waals surface area contributed by atoms with Gasteiger partial charge in [-0.25, -0.2) is 0 Å². The zero-order valence-electron chi connectivity index (χ0n) is 14.7. The number of allylic oxidation sites excluding steroid dienone is 2. The van der Waals surface area contributed by atoms with Gasteiger partial charge in [-0.3, -0.25) is 4.79 Å². The molecule has 0 aromatic carbocycles. The van der Waals surface area contributed by atoms with Gasteiger partial charge < -0.3 is 9.64 Å². The molecular weight excluding hydrogens is 355 g/mol. The Bertz CT molecular complexity index is 655. The molecule has 0 saturated heterocycles. The summed E-state index contributed by atoms with van der Waals surface area (Å²) < 4.78 is 42.6. The average molecular weight is 377 g/mol. The number of aromatic nitrogens is 2. The molecule has 0 radical (unpaired) electrons. The molecule has 0 N–H and O–H groups in total. The quantitative estimate of drug-likeness (QED) is 0.774. The zero-order chi connectivity index (χ0) is 18.8. The van der Waals surface area contributed by atoms with Crippen molar-refractivity contribution in [3.8, 4) is 5.19 Å². The lowest BCUT2D eigenvalue weighted by Crippen LogP contribution is -2.37. The second-order valence-corrected chi connectivity index (χ2v) is 7.88. The van der Waals surface area contributed by atoms with E-state index in [4.69, 9.17) is 4.74 Å². The molecule has 0 fully saturated rings. The van der Waals surface area contributed by atoms with Gasteiger partial charge in [0.25, 0.3) is 11.1 Å². The molecule has 1 unspecified atom stereocenters. The van der Waals surface area contributed by atoms with Crippen molar-refractivity contribution in [3.63, 3.8) is 0 Å². The van der Waals surface area contributed by atoms with Crippen molar-refractivity contribution < 1.29 is 22.7 Å². The van der Waals surface area contributed by atoms with E-state index in [1.807, 2.05) is 6.92 Å². The Hall–Kier alpha value is -1.64. The second-order valence-electron chi connectivity index (χ2n) is 6.94. The van der Waals surface area contributed by atoms with Gasteiger partial charge >= 0.3 is 6.18 Å². The van der Waals surface area contributed by atoms with Crippen molar-refractivity contribution in [2.24, 2.45) is 11.3 Å². The van der Waals surface area contributed by atoms with Crippen molar-refractivity contribution in [2.75, 3.05) is 13.2 Å². The third-order valence-corrected chi connectivity index (χ3v) is 4.80. The summed E-state index contributed by atoms with van der Waals surface area (Å²) in [5.41, 5.74) is 0.940. The van der Waals surface area contributed by atoms with E-state index in [1.165, 1.54) is 0 Å². The number of carbonyl (C=O) groups is 1. The normalized spacial score (nSPS) is 20.1. The molecule has 1 aliphatic rings. The molecule has 1 aromatic heterocycles. The Morgan fingerprint density at radius 3 is 2.64 bits per heavy atom. The first-order valence-corrected chi connectivity index (χ1v) is 8.89. The Balaban J connectivity index is 2.03. The van der Waals surface area contributed by atoms with Gasteiger partial charge in [-0.1, -0.05) is 43.3 Å². The standard InChI is InChI=1S/C16H22F3N3O2S/c1-5-22(11-6-10(2)7-15(3,4)8-11)12(23)9-24-14-21-20-13(25-14)16(17,18)19/h8,10H,5-7,9H2,1-4H3. The van der Waals surface area contributed by atoms with Crippen LogP contribution in [0.4, 0.5) is 13.2 Å². The third kappa shape index (κ3) is 5.17. The van der Waals surface area contributed by atoms with Crippen LogP contribution in [0.1, 0.15) is 45.5 Å². The molecule has 0 aliphatic heterocycles. The minimum Gasteiger partial charge on any atom is -0.459 e. The average Bonchev–Trinajstić information content (AvgIpc) is 2.92. The van der Waals surface area contributed by atoms with Crippen molar-refractivity contribution in [1.82, 2.24) is 15.1 Å². The molecule has 2 rings (SSSR count). The lowest BCUT2D eigenvalue weighted by Gasteiger charge is -2.36. The minimum atomic E-state index is -4.56. The SMILES string of the molecule is CCN(C(=O)COc1nnc(C(F)(F)F)s1)C1=CC(C)(C)CC(C)C1. The number of alkyl halides is 3. The predicted octanol–water partition coefficient (Wildman–Crippen LogP) is 4.12. The van der Waals surface area contributed by atoms with Gasteiger partial charge in [0.05, 0.1) is 0 Å². The van der Waals surface area contributed by atoms with Gasteiger partial charge in [-0.05, 0) is 31.1 Å². The first-order chi connectivity index (χ1) is 11.5. The molecule has 140 valence electrons. The van der Waals surface area contributed by atoms with Gasteiger partial charge in [0.1, 0.15) is 0 Å². The minimum absolute atomic E-state index is 0.00238. The van der Waals surface area contributed by atoms with Crippen LogP contribution < -0.4 is 4.74 Å². The van der Waals surface area contributed by atoms with E-state index in [2.05, 4.69) is 37.0 Å². The maximum absolute atomic E-state index is 12.5. The van der Waals surface area contributed by atoms with Gasteiger partial charge in [-0.2, -0.15) is 13.2 Å². The second kappa shape index (κ2) is 7.31. The van der Waals surface area contributed by atoms with E-state index < -0.39 is 11.2 Å². The number of hydrogen-bond donors (Lipinski definition) is 0. The lowest BCUT2D eigenvalue weighted by atomic mass is 9.76. The highest BCUT2D eigenvalue weighted by atomic mass is 32.1. The van der Waals surface area contributed by atoms with Crippen LogP contribution in [0, 0.1) is 11.3 Å². The first kappa shape index (κ1) is 19.7. The molecule has 5 nitrogen and oxygen atoms in total.